The molecule has 0 aliphatic carbocycles. The van der Waals surface area contributed by atoms with Crippen LogP contribution in [0.1, 0.15) is 18.4 Å². The van der Waals surface area contributed by atoms with Crippen LogP contribution in [-0.4, -0.2) is 10.8 Å². The molecule has 0 radical (unpaired) electrons. The highest BCUT2D eigenvalue weighted by atomic mass is 32.1. The number of thiazole rings is 1. The number of hydrogen-bond acceptors (Lipinski definition) is 4. The molecule has 1 atom stereocenters. The lowest BCUT2D eigenvalue weighted by atomic mass is 9.98. The fourth-order valence-electron chi connectivity index (χ4n) is 1.30. The molecule has 2 rings (SSSR count). The Bertz CT molecular complexity index is 345. The first kappa shape index (κ1) is 8.44. The SMILES string of the molecule is CC1(c2nccs2)CC(=O)C=CO1. The Morgan fingerprint density at radius 3 is 3.15 bits per heavy atom. The van der Waals surface area contributed by atoms with Crippen molar-refractivity contribution in [3.63, 3.8) is 0 Å². The summed E-state index contributed by atoms with van der Waals surface area (Å²) in [6, 6.07) is 0. The zero-order valence-corrected chi connectivity index (χ0v) is 8.00. The number of ether oxygens (including phenoxy) is 1. The highest BCUT2D eigenvalue weighted by Crippen LogP contribution is 2.33. The maximum Gasteiger partial charge on any atom is 0.164 e. The molecule has 0 fully saturated rings. The van der Waals surface area contributed by atoms with Crippen LogP contribution in [0, 0.1) is 0 Å². The summed E-state index contributed by atoms with van der Waals surface area (Å²) in [6.07, 6.45) is 5.00. The molecule has 13 heavy (non-hydrogen) atoms. The molecule has 68 valence electrons. The first-order valence-corrected chi connectivity index (χ1v) is 4.86. The van der Waals surface area contributed by atoms with Gasteiger partial charge in [0.15, 0.2) is 11.4 Å². The molecule has 1 aromatic heterocycles. The van der Waals surface area contributed by atoms with Crippen molar-refractivity contribution in [3.8, 4) is 0 Å². The Morgan fingerprint density at radius 2 is 2.54 bits per heavy atom. The van der Waals surface area contributed by atoms with Gasteiger partial charge in [0.25, 0.3) is 0 Å². The Labute approximate surface area is 80.1 Å². The molecule has 1 unspecified atom stereocenters. The van der Waals surface area contributed by atoms with Crippen LogP contribution in [-0.2, 0) is 15.1 Å². The average molecular weight is 195 g/mol. The lowest BCUT2D eigenvalue weighted by Gasteiger charge is -2.28. The van der Waals surface area contributed by atoms with Crippen LogP contribution in [0.4, 0.5) is 0 Å². The van der Waals surface area contributed by atoms with Crippen LogP contribution in [0.15, 0.2) is 23.9 Å². The Balaban J connectivity index is 2.32. The largest absolute Gasteiger partial charge is 0.487 e. The van der Waals surface area contributed by atoms with Crippen molar-refractivity contribution in [2.75, 3.05) is 0 Å². The number of nitrogens with zero attached hydrogens (tertiary/aromatic N) is 1. The predicted octanol–water partition coefficient (Wildman–Crippen LogP) is 1.86. The summed E-state index contributed by atoms with van der Waals surface area (Å²) in [5.41, 5.74) is -0.556. The predicted molar refractivity (Wildman–Crippen MR) is 49.3 cm³/mol. The van der Waals surface area contributed by atoms with Crippen molar-refractivity contribution in [2.24, 2.45) is 0 Å². The van der Waals surface area contributed by atoms with Crippen molar-refractivity contribution in [1.29, 1.82) is 0 Å². The van der Waals surface area contributed by atoms with Gasteiger partial charge in [-0.25, -0.2) is 4.98 Å². The summed E-state index contributed by atoms with van der Waals surface area (Å²) in [6.45, 7) is 1.88. The summed E-state index contributed by atoms with van der Waals surface area (Å²) < 4.78 is 5.43. The van der Waals surface area contributed by atoms with Crippen molar-refractivity contribution >= 4 is 17.1 Å². The fourth-order valence-corrected chi connectivity index (χ4v) is 2.05. The van der Waals surface area contributed by atoms with Crippen molar-refractivity contribution in [3.05, 3.63) is 28.9 Å². The maximum atomic E-state index is 11.2. The van der Waals surface area contributed by atoms with Gasteiger partial charge in [-0.15, -0.1) is 11.3 Å². The zero-order valence-electron chi connectivity index (χ0n) is 7.19. The molecular weight excluding hydrogens is 186 g/mol. The molecular formula is C9H9NO2S. The van der Waals surface area contributed by atoms with E-state index in [-0.39, 0.29) is 5.78 Å². The summed E-state index contributed by atoms with van der Waals surface area (Å²) in [5.74, 6) is 0.0870. The maximum absolute atomic E-state index is 11.2. The minimum atomic E-state index is -0.556. The van der Waals surface area contributed by atoms with E-state index in [0.717, 1.165) is 5.01 Å². The van der Waals surface area contributed by atoms with Crippen LogP contribution >= 0.6 is 11.3 Å². The van der Waals surface area contributed by atoms with E-state index in [1.165, 1.54) is 23.7 Å². The molecule has 0 N–H and O–H groups in total. The Morgan fingerprint density at radius 1 is 1.69 bits per heavy atom. The first-order chi connectivity index (χ1) is 6.21. The molecule has 2 heterocycles. The summed E-state index contributed by atoms with van der Waals surface area (Å²) in [5, 5.41) is 2.73. The second kappa shape index (κ2) is 2.96. The van der Waals surface area contributed by atoms with Crippen molar-refractivity contribution in [2.45, 2.75) is 18.9 Å². The summed E-state index contributed by atoms with van der Waals surface area (Å²) in [4.78, 5) is 15.3. The van der Waals surface area contributed by atoms with E-state index in [4.69, 9.17) is 4.74 Å². The van der Waals surface area contributed by atoms with Gasteiger partial charge in [-0.3, -0.25) is 4.79 Å². The highest BCUT2D eigenvalue weighted by molar-refractivity contribution is 7.09. The molecule has 3 nitrogen and oxygen atoms in total. The Hall–Kier alpha value is -1.16. The van der Waals surface area contributed by atoms with Gasteiger partial charge < -0.3 is 4.74 Å². The van der Waals surface area contributed by atoms with Crippen LogP contribution in [0.25, 0.3) is 0 Å². The number of allylic oxidation sites excluding steroid dienone is 1. The topological polar surface area (TPSA) is 39.2 Å². The third-order valence-corrected chi connectivity index (χ3v) is 3.00. The minimum absolute atomic E-state index is 0.0870. The molecule has 0 saturated heterocycles. The Kier molecular flexibility index (Phi) is 1.92. The normalized spacial score (nSPS) is 27.3. The quantitative estimate of drug-likeness (QED) is 0.686. The molecule has 4 heteroatoms. The second-order valence-corrected chi connectivity index (χ2v) is 4.03. The van der Waals surface area contributed by atoms with Gasteiger partial charge >= 0.3 is 0 Å². The van der Waals surface area contributed by atoms with E-state index < -0.39 is 5.60 Å². The van der Waals surface area contributed by atoms with Gasteiger partial charge in [-0.1, -0.05) is 0 Å². The van der Waals surface area contributed by atoms with E-state index >= 15 is 0 Å². The van der Waals surface area contributed by atoms with E-state index in [1.54, 1.807) is 6.20 Å². The third kappa shape index (κ3) is 1.49. The monoisotopic (exact) mass is 195 g/mol. The van der Waals surface area contributed by atoms with Gasteiger partial charge in [0.05, 0.1) is 12.7 Å². The van der Waals surface area contributed by atoms with Crippen LogP contribution in [0.3, 0.4) is 0 Å². The minimum Gasteiger partial charge on any atom is -0.487 e. The lowest BCUT2D eigenvalue weighted by Crippen LogP contribution is -2.29. The van der Waals surface area contributed by atoms with Gasteiger partial charge in [-0.05, 0) is 6.92 Å². The van der Waals surface area contributed by atoms with Crippen LogP contribution in [0.2, 0.25) is 0 Å². The van der Waals surface area contributed by atoms with Crippen molar-refractivity contribution < 1.29 is 9.53 Å². The van der Waals surface area contributed by atoms with Crippen LogP contribution in [0.5, 0.6) is 0 Å². The summed E-state index contributed by atoms with van der Waals surface area (Å²) in [7, 11) is 0. The first-order valence-electron chi connectivity index (χ1n) is 3.98. The molecule has 1 aliphatic heterocycles. The number of hydrogen-bond donors (Lipinski definition) is 0. The van der Waals surface area contributed by atoms with Gasteiger partial charge in [0, 0.05) is 17.7 Å². The van der Waals surface area contributed by atoms with E-state index in [9.17, 15) is 4.79 Å². The molecule has 0 amide bonds. The highest BCUT2D eigenvalue weighted by Gasteiger charge is 2.34. The van der Waals surface area contributed by atoms with Gasteiger partial charge in [0.2, 0.25) is 0 Å². The second-order valence-electron chi connectivity index (χ2n) is 3.13. The average Bonchev–Trinajstić information content (AvgIpc) is 2.55. The fraction of sp³-hybridized carbons (Fsp3) is 0.333. The standard InChI is InChI=1S/C9H9NO2S/c1-9(8-10-3-5-13-8)6-7(11)2-4-12-9/h2-5H,6H2,1H3. The molecule has 0 saturated carbocycles. The smallest absolute Gasteiger partial charge is 0.164 e. The van der Waals surface area contributed by atoms with Gasteiger partial charge in [-0.2, -0.15) is 0 Å². The number of carbonyl (C=O) groups excluding carboxylic acids is 1. The van der Waals surface area contributed by atoms with Gasteiger partial charge in [0.1, 0.15) is 5.01 Å². The van der Waals surface area contributed by atoms with Crippen LogP contribution < -0.4 is 0 Å². The molecule has 0 spiro atoms. The number of ketones is 1. The van der Waals surface area contributed by atoms with Crippen molar-refractivity contribution in [1.82, 2.24) is 4.98 Å². The molecule has 0 aromatic carbocycles. The molecule has 1 aromatic rings. The number of rotatable bonds is 1. The molecule has 1 aliphatic rings. The zero-order chi connectivity index (χ0) is 9.31. The number of aromatic nitrogens is 1. The molecule has 0 bridgehead atoms. The third-order valence-electron chi connectivity index (χ3n) is 1.98. The lowest BCUT2D eigenvalue weighted by molar-refractivity contribution is -0.122. The van der Waals surface area contributed by atoms with E-state index in [2.05, 4.69) is 4.98 Å². The summed E-state index contributed by atoms with van der Waals surface area (Å²) >= 11 is 1.51. The van der Waals surface area contributed by atoms with E-state index in [1.807, 2.05) is 12.3 Å². The number of carbonyl (C=O) groups is 1. The van der Waals surface area contributed by atoms with E-state index in [0.29, 0.717) is 6.42 Å².